The van der Waals surface area contributed by atoms with Crippen LogP contribution in [0, 0.1) is 0 Å². The molecule has 1 fully saturated rings. The second kappa shape index (κ2) is 9.05. The minimum Gasteiger partial charge on any atom is -0.444 e. The fourth-order valence-corrected chi connectivity index (χ4v) is 5.54. The summed E-state index contributed by atoms with van der Waals surface area (Å²) in [4.78, 5) is 14.7. The second-order valence-electron chi connectivity index (χ2n) is 10.9. The maximum absolute atomic E-state index is 12.8. The number of fused-ring (bicyclic) bond motifs is 2. The number of ether oxygens (including phenoxy) is 1. The Hall–Kier alpha value is -2.89. The van der Waals surface area contributed by atoms with Crippen LogP contribution < -0.4 is 0 Å². The van der Waals surface area contributed by atoms with E-state index >= 15 is 0 Å². The van der Waals surface area contributed by atoms with E-state index in [1.807, 2.05) is 25.7 Å². The number of carbonyl (C=O) groups excluding carboxylic acids is 1. The Bertz CT molecular complexity index is 1170. The molecule has 2 aliphatic heterocycles. The predicted octanol–water partition coefficient (Wildman–Crippen LogP) is 5.86. The van der Waals surface area contributed by atoms with Gasteiger partial charge in [-0.05, 0) is 62.8 Å². The van der Waals surface area contributed by atoms with Crippen molar-refractivity contribution in [3.8, 4) is 0 Å². The average molecular weight is 461 g/mol. The summed E-state index contributed by atoms with van der Waals surface area (Å²) in [5.74, 6) is 2.19. The number of piperidine rings is 1. The quantitative estimate of drug-likeness (QED) is 0.480. The van der Waals surface area contributed by atoms with Gasteiger partial charge >= 0.3 is 6.09 Å². The van der Waals surface area contributed by atoms with Gasteiger partial charge in [-0.3, -0.25) is 0 Å². The molecule has 5 rings (SSSR count). The predicted molar refractivity (Wildman–Crippen MR) is 134 cm³/mol. The summed E-state index contributed by atoms with van der Waals surface area (Å²) < 4.78 is 8.07. The number of aromatic nitrogens is 3. The molecule has 1 amide bonds. The maximum Gasteiger partial charge on any atom is 0.410 e. The lowest BCUT2D eigenvalue weighted by atomic mass is 9.71. The van der Waals surface area contributed by atoms with Gasteiger partial charge in [0, 0.05) is 26.1 Å². The maximum atomic E-state index is 12.8. The van der Waals surface area contributed by atoms with Crippen molar-refractivity contribution >= 4 is 16.9 Å². The summed E-state index contributed by atoms with van der Waals surface area (Å²) in [6.07, 6.45) is 7.24. The molecule has 34 heavy (non-hydrogen) atoms. The van der Waals surface area contributed by atoms with Crippen LogP contribution in [0.4, 0.5) is 4.79 Å². The van der Waals surface area contributed by atoms with Crippen molar-refractivity contribution in [2.24, 2.45) is 0 Å². The van der Waals surface area contributed by atoms with Crippen molar-refractivity contribution in [3.63, 3.8) is 0 Å². The Labute approximate surface area is 202 Å². The molecule has 0 atom stereocenters. The number of hydrogen-bond donors (Lipinski definition) is 0. The Balaban J connectivity index is 1.54. The largest absolute Gasteiger partial charge is 0.444 e. The van der Waals surface area contributed by atoms with Gasteiger partial charge in [-0.25, -0.2) is 4.79 Å². The molecule has 0 bridgehead atoms. The molecule has 3 aromatic rings. The van der Waals surface area contributed by atoms with Crippen molar-refractivity contribution < 1.29 is 9.53 Å². The van der Waals surface area contributed by atoms with Crippen LogP contribution in [-0.4, -0.2) is 44.4 Å². The highest BCUT2D eigenvalue weighted by Gasteiger charge is 2.44. The smallest absolute Gasteiger partial charge is 0.410 e. The van der Waals surface area contributed by atoms with E-state index in [0.29, 0.717) is 13.1 Å². The molecule has 3 heterocycles. The third-order valence-corrected chi connectivity index (χ3v) is 7.36. The molecule has 0 radical (unpaired) electrons. The minimum absolute atomic E-state index is 0.226. The zero-order valence-electron chi connectivity index (χ0n) is 20.7. The van der Waals surface area contributed by atoms with Crippen molar-refractivity contribution in [2.45, 2.75) is 83.3 Å². The van der Waals surface area contributed by atoms with Crippen LogP contribution in [0.5, 0.6) is 0 Å². The Morgan fingerprint density at radius 2 is 1.65 bits per heavy atom. The fourth-order valence-electron chi connectivity index (χ4n) is 5.54. The molecular formula is C28H36N4O2. The van der Waals surface area contributed by atoms with Gasteiger partial charge in [-0.15, -0.1) is 10.2 Å². The highest BCUT2D eigenvalue weighted by Crippen LogP contribution is 2.42. The van der Waals surface area contributed by atoms with E-state index in [4.69, 9.17) is 9.84 Å². The Kier molecular flexibility index (Phi) is 6.09. The summed E-state index contributed by atoms with van der Waals surface area (Å²) in [5, 5.41) is 12.0. The first-order chi connectivity index (χ1) is 16.4. The number of aryl methyl sites for hydroxylation is 1. The molecule has 0 aliphatic carbocycles. The number of amides is 1. The van der Waals surface area contributed by atoms with Gasteiger partial charge < -0.3 is 14.2 Å². The van der Waals surface area contributed by atoms with Crippen LogP contribution >= 0.6 is 0 Å². The Morgan fingerprint density at radius 1 is 0.912 bits per heavy atom. The monoisotopic (exact) mass is 460 g/mol. The van der Waals surface area contributed by atoms with E-state index in [9.17, 15) is 4.79 Å². The normalized spacial score (nSPS) is 18.7. The van der Waals surface area contributed by atoms with E-state index in [1.54, 1.807) is 0 Å². The van der Waals surface area contributed by atoms with Crippen molar-refractivity contribution in [1.82, 2.24) is 19.7 Å². The first-order valence-corrected chi connectivity index (χ1v) is 12.8. The van der Waals surface area contributed by atoms with Gasteiger partial charge in [-0.2, -0.15) is 0 Å². The summed E-state index contributed by atoms with van der Waals surface area (Å²) in [6, 6.07) is 15.3. The highest BCUT2D eigenvalue weighted by atomic mass is 16.6. The van der Waals surface area contributed by atoms with Crippen molar-refractivity contribution in [3.05, 3.63) is 59.7 Å². The minimum atomic E-state index is -0.493. The van der Waals surface area contributed by atoms with Crippen LogP contribution in [0.2, 0.25) is 0 Å². The summed E-state index contributed by atoms with van der Waals surface area (Å²) in [5.41, 5.74) is 0.507. The third-order valence-electron chi connectivity index (χ3n) is 7.36. The van der Waals surface area contributed by atoms with Gasteiger partial charge in [-0.1, -0.05) is 55.3 Å². The number of nitrogens with zero attached hydrogens (tertiary/aromatic N) is 4. The van der Waals surface area contributed by atoms with Gasteiger partial charge in [0.15, 0.2) is 0 Å². The first kappa shape index (κ1) is 22.9. The van der Waals surface area contributed by atoms with Gasteiger partial charge in [0.2, 0.25) is 0 Å². The number of likely N-dealkylation sites (tertiary alicyclic amines) is 1. The van der Waals surface area contributed by atoms with E-state index in [1.165, 1.54) is 35.6 Å². The molecule has 0 N–H and O–H groups in total. The molecule has 2 aromatic carbocycles. The first-order valence-electron chi connectivity index (χ1n) is 12.8. The molecule has 0 unspecified atom stereocenters. The van der Waals surface area contributed by atoms with Gasteiger partial charge in [0.25, 0.3) is 0 Å². The van der Waals surface area contributed by atoms with E-state index in [-0.39, 0.29) is 11.5 Å². The number of hydrogen-bond acceptors (Lipinski definition) is 4. The van der Waals surface area contributed by atoms with Crippen molar-refractivity contribution in [1.29, 1.82) is 0 Å². The summed E-state index contributed by atoms with van der Waals surface area (Å²) >= 11 is 0. The zero-order chi connectivity index (χ0) is 23.8. The fraction of sp³-hybridized carbons (Fsp3) is 0.536. The lowest BCUT2D eigenvalue weighted by Gasteiger charge is -2.42. The zero-order valence-corrected chi connectivity index (χ0v) is 20.7. The van der Waals surface area contributed by atoms with Crippen LogP contribution in [0.25, 0.3) is 10.8 Å². The van der Waals surface area contributed by atoms with E-state index in [0.717, 1.165) is 43.9 Å². The van der Waals surface area contributed by atoms with Crippen LogP contribution in [-0.2, 0) is 23.1 Å². The number of rotatable bonds is 2. The third kappa shape index (κ3) is 4.42. The summed E-state index contributed by atoms with van der Waals surface area (Å²) in [7, 11) is 0. The second-order valence-corrected chi connectivity index (χ2v) is 10.9. The molecule has 1 saturated heterocycles. The molecule has 180 valence electrons. The summed E-state index contributed by atoms with van der Waals surface area (Å²) in [6.45, 7) is 8.02. The molecule has 0 spiro atoms. The Morgan fingerprint density at radius 3 is 2.41 bits per heavy atom. The van der Waals surface area contributed by atoms with E-state index in [2.05, 4.69) is 52.1 Å². The molecular weight excluding hydrogens is 424 g/mol. The molecule has 1 aromatic heterocycles. The number of benzene rings is 2. The topological polar surface area (TPSA) is 60.2 Å². The SMILES string of the molecule is CC(C)(C)OC(=O)N1CCC(c2ccc3ccccc3c2)(c2nnc3n2CCCCCC3)CC1. The lowest BCUT2D eigenvalue weighted by molar-refractivity contribution is 0.0175. The van der Waals surface area contributed by atoms with Crippen molar-refractivity contribution in [2.75, 3.05) is 13.1 Å². The van der Waals surface area contributed by atoms with E-state index < -0.39 is 5.60 Å². The molecule has 6 heteroatoms. The van der Waals surface area contributed by atoms with Gasteiger partial charge in [0.1, 0.15) is 17.2 Å². The molecule has 2 aliphatic rings. The van der Waals surface area contributed by atoms with Crippen LogP contribution in [0.1, 0.15) is 76.5 Å². The lowest BCUT2D eigenvalue weighted by Crippen LogP contribution is -2.48. The highest BCUT2D eigenvalue weighted by molar-refractivity contribution is 5.83. The number of carbonyl (C=O) groups is 1. The van der Waals surface area contributed by atoms with Crippen LogP contribution in [0.15, 0.2) is 42.5 Å². The molecule has 0 saturated carbocycles. The van der Waals surface area contributed by atoms with Crippen LogP contribution in [0.3, 0.4) is 0 Å². The molecule has 6 nitrogen and oxygen atoms in total. The van der Waals surface area contributed by atoms with Gasteiger partial charge in [0.05, 0.1) is 5.41 Å². The standard InChI is InChI=1S/C28H36N4O2/c1-27(2,3)34-26(33)31-18-15-28(16-19-31,23-14-13-21-10-7-8-11-22(21)20-23)25-30-29-24-12-6-4-5-9-17-32(24)25/h7-8,10-11,13-14,20H,4-6,9,12,15-19H2,1-3H3. The average Bonchev–Trinajstić information content (AvgIpc) is 3.19.